The fraction of sp³-hybridized carbons (Fsp3) is 0.933. The largest absolute Gasteiger partial charge is 0.391 e. The number of carbonyl (C=O) groups excluding carboxylic acids is 1. The van der Waals surface area contributed by atoms with Crippen LogP contribution >= 0.6 is 11.6 Å². The number of carbonyl (C=O) groups is 1. The Balaban J connectivity index is 1.58. The monoisotopic (exact) mass is 338 g/mol. The van der Waals surface area contributed by atoms with Gasteiger partial charge in [0.15, 0.2) is 0 Å². The van der Waals surface area contributed by atoms with Gasteiger partial charge in [-0.15, -0.1) is 11.6 Å². The van der Waals surface area contributed by atoms with Crippen LogP contribution in [0.2, 0.25) is 0 Å². The highest BCUT2D eigenvalue weighted by Crippen LogP contribution is 2.45. The smallest absolute Gasteiger partial charge is 0.335 e. The Morgan fingerprint density at radius 3 is 2.05 bits per heavy atom. The summed E-state index contributed by atoms with van der Waals surface area (Å²) in [7, 11) is 0. The van der Waals surface area contributed by atoms with Crippen molar-refractivity contribution in [3.63, 3.8) is 0 Å². The van der Waals surface area contributed by atoms with Crippen LogP contribution in [0.15, 0.2) is 0 Å². The minimum Gasteiger partial charge on any atom is -0.335 e. The van der Waals surface area contributed by atoms with Crippen LogP contribution in [-0.4, -0.2) is 40.6 Å². The molecule has 1 saturated carbocycles. The van der Waals surface area contributed by atoms with E-state index in [0.29, 0.717) is 12.8 Å². The number of halogens is 4. The van der Waals surface area contributed by atoms with Crippen molar-refractivity contribution in [3.8, 4) is 0 Å². The van der Waals surface area contributed by atoms with Gasteiger partial charge in [-0.25, -0.2) is 4.79 Å². The van der Waals surface area contributed by atoms with Gasteiger partial charge in [0.1, 0.15) is 0 Å². The minimum atomic E-state index is -4.14. The van der Waals surface area contributed by atoms with Crippen molar-refractivity contribution in [3.05, 3.63) is 0 Å². The number of nitrogens with one attached hydrogen (secondary N) is 1. The molecule has 0 radical (unpaired) electrons. The average molecular weight is 339 g/mol. The third-order valence-corrected chi connectivity index (χ3v) is 5.85. The number of nitrogens with zero attached hydrogens (tertiary/aromatic N) is 1. The lowest BCUT2D eigenvalue weighted by molar-refractivity contribution is -0.188. The molecule has 2 bridgehead atoms. The molecule has 3 fully saturated rings. The standard InChI is InChI=1S/C15H22ClF3N2O/c16-10-1-3-11(4-2-10)20-14(22)21-12-5-6-13(21)8-9(7-12)15(17,18)19/h9-13H,1-8H2,(H,20,22). The normalized spacial score (nSPS) is 38.9. The summed E-state index contributed by atoms with van der Waals surface area (Å²) in [4.78, 5) is 14.2. The zero-order valence-corrected chi connectivity index (χ0v) is 13.2. The summed E-state index contributed by atoms with van der Waals surface area (Å²) in [6.45, 7) is 0. The summed E-state index contributed by atoms with van der Waals surface area (Å²) in [5.41, 5.74) is 0. The van der Waals surface area contributed by atoms with E-state index in [1.807, 2.05) is 0 Å². The molecular formula is C15H22ClF3N2O. The maximum Gasteiger partial charge on any atom is 0.391 e. The van der Waals surface area contributed by atoms with Crippen molar-refractivity contribution in [2.24, 2.45) is 5.92 Å². The number of rotatable bonds is 1. The van der Waals surface area contributed by atoms with Crippen molar-refractivity contribution in [2.45, 2.75) is 81.0 Å². The highest BCUT2D eigenvalue weighted by atomic mass is 35.5. The number of hydrogen-bond acceptors (Lipinski definition) is 1. The predicted molar refractivity (Wildman–Crippen MR) is 77.9 cm³/mol. The molecule has 1 aliphatic carbocycles. The summed E-state index contributed by atoms with van der Waals surface area (Å²) >= 11 is 6.05. The first-order chi connectivity index (χ1) is 10.3. The fourth-order valence-corrected chi connectivity index (χ4v) is 4.47. The second-order valence-corrected chi connectivity index (χ2v) is 7.52. The molecule has 2 heterocycles. The molecular weight excluding hydrogens is 317 g/mol. The number of hydrogen-bond donors (Lipinski definition) is 1. The highest BCUT2D eigenvalue weighted by Gasteiger charge is 2.51. The molecule has 3 aliphatic rings. The Hall–Kier alpha value is -0.650. The molecule has 2 amide bonds. The zero-order valence-electron chi connectivity index (χ0n) is 12.4. The molecule has 0 aromatic heterocycles. The molecule has 2 saturated heterocycles. The van der Waals surface area contributed by atoms with Gasteiger partial charge >= 0.3 is 12.2 Å². The lowest BCUT2D eigenvalue weighted by Crippen LogP contribution is -2.54. The Kier molecular flexibility index (Phi) is 4.49. The first-order valence-electron chi connectivity index (χ1n) is 8.14. The first-order valence-corrected chi connectivity index (χ1v) is 8.58. The average Bonchev–Trinajstić information content (AvgIpc) is 2.70. The van der Waals surface area contributed by atoms with Crippen molar-refractivity contribution in [1.29, 1.82) is 0 Å². The molecule has 3 nitrogen and oxygen atoms in total. The van der Waals surface area contributed by atoms with Crippen LogP contribution in [0, 0.1) is 5.92 Å². The SMILES string of the molecule is O=C(NC1CCC(Cl)CC1)N1C2CCC1CC(C(F)(F)F)C2. The van der Waals surface area contributed by atoms with Gasteiger partial charge in [-0.3, -0.25) is 0 Å². The predicted octanol–water partition coefficient (Wildman–Crippen LogP) is 4.05. The molecule has 7 heteroatoms. The summed E-state index contributed by atoms with van der Waals surface area (Å²) in [6, 6.07) is -0.571. The number of amides is 2. The topological polar surface area (TPSA) is 32.3 Å². The van der Waals surface area contributed by atoms with Crippen molar-refractivity contribution in [2.75, 3.05) is 0 Å². The lowest BCUT2D eigenvalue weighted by atomic mass is 9.90. The number of piperidine rings is 1. The molecule has 0 aromatic carbocycles. The fourth-order valence-electron chi connectivity index (χ4n) is 4.22. The van der Waals surface area contributed by atoms with Crippen LogP contribution in [-0.2, 0) is 0 Å². The van der Waals surface area contributed by atoms with Crippen molar-refractivity contribution < 1.29 is 18.0 Å². The maximum absolute atomic E-state index is 12.9. The van der Waals surface area contributed by atoms with E-state index in [2.05, 4.69) is 5.32 Å². The van der Waals surface area contributed by atoms with Crippen molar-refractivity contribution in [1.82, 2.24) is 10.2 Å². The summed E-state index contributed by atoms with van der Waals surface area (Å²) in [5, 5.41) is 3.20. The van der Waals surface area contributed by atoms with E-state index in [0.717, 1.165) is 25.7 Å². The van der Waals surface area contributed by atoms with Crippen LogP contribution in [0.5, 0.6) is 0 Å². The van der Waals surface area contributed by atoms with Crippen LogP contribution < -0.4 is 5.32 Å². The molecule has 0 aromatic rings. The summed E-state index contributed by atoms with van der Waals surface area (Å²) in [6.07, 6.45) is 0.845. The zero-order chi connectivity index (χ0) is 15.9. The summed E-state index contributed by atoms with van der Waals surface area (Å²) < 4.78 is 38.8. The number of urea groups is 1. The molecule has 2 unspecified atom stereocenters. The Bertz CT molecular complexity index is 410. The Morgan fingerprint density at radius 1 is 1.00 bits per heavy atom. The Morgan fingerprint density at radius 2 is 1.55 bits per heavy atom. The van der Waals surface area contributed by atoms with E-state index in [9.17, 15) is 18.0 Å². The van der Waals surface area contributed by atoms with Gasteiger partial charge < -0.3 is 10.2 Å². The van der Waals surface area contributed by atoms with Crippen LogP contribution in [0.3, 0.4) is 0 Å². The van der Waals surface area contributed by atoms with Gasteiger partial charge in [0.05, 0.1) is 5.92 Å². The highest BCUT2D eigenvalue weighted by molar-refractivity contribution is 6.20. The van der Waals surface area contributed by atoms with Gasteiger partial charge in [-0.1, -0.05) is 0 Å². The second kappa shape index (κ2) is 6.10. The van der Waals surface area contributed by atoms with Crippen LogP contribution in [0.25, 0.3) is 0 Å². The molecule has 1 N–H and O–H groups in total. The van der Waals surface area contributed by atoms with E-state index >= 15 is 0 Å². The van der Waals surface area contributed by atoms with E-state index in [1.54, 1.807) is 4.90 Å². The van der Waals surface area contributed by atoms with Gasteiger partial charge in [-0.2, -0.15) is 13.2 Å². The second-order valence-electron chi connectivity index (χ2n) is 6.90. The van der Waals surface area contributed by atoms with E-state index in [1.165, 1.54) is 0 Å². The van der Waals surface area contributed by atoms with Gasteiger partial charge in [0.25, 0.3) is 0 Å². The van der Waals surface area contributed by atoms with E-state index in [-0.39, 0.29) is 42.4 Å². The molecule has 0 spiro atoms. The van der Waals surface area contributed by atoms with Gasteiger partial charge in [0.2, 0.25) is 0 Å². The van der Waals surface area contributed by atoms with Crippen LogP contribution in [0.1, 0.15) is 51.4 Å². The Labute approximate surface area is 133 Å². The van der Waals surface area contributed by atoms with E-state index in [4.69, 9.17) is 11.6 Å². The maximum atomic E-state index is 12.9. The minimum absolute atomic E-state index is 0.0574. The summed E-state index contributed by atoms with van der Waals surface area (Å²) in [5.74, 6) is -1.25. The molecule has 2 atom stereocenters. The quantitative estimate of drug-likeness (QED) is 0.719. The lowest BCUT2D eigenvalue weighted by Gasteiger charge is -2.40. The first kappa shape index (κ1) is 16.2. The van der Waals surface area contributed by atoms with Gasteiger partial charge in [-0.05, 0) is 51.4 Å². The molecule has 22 heavy (non-hydrogen) atoms. The van der Waals surface area contributed by atoms with E-state index < -0.39 is 12.1 Å². The third-order valence-electron chi connectivity index (χ3n) is 5.41. The van der Waals surface area contributed by atoms with Crippen LogP contribution in [0.4, 0.5) is 18.0 Å². The number of fused-ring (bicyclic) bond motifs is 2. The third kappa shape index (κ3) is 3.31. The molecule has 3 rings (SSSR count). The molecule has 126 valence electrons. The molecule has 2 aliphatic heterocycles. The van der Waals surface area contributed by atoms with Gasteiger partial charge in [0, 0.05) is 23.5 Å². The number of alkyl halides is 4. The van der Waals surface area contributed by atoms with Crippen molar-refractivity contribution >= 4 is 17.6 Å².